The second-order valence-electron chi connectivity index (χ2n) is 3.83. The van der Waals surface area contributed by atoms with Crippen LogP contribution in [-0.2, 0) is 6.42 Å². The molecule has 1 aromatic carbocycles. The molecular weight excluding hydrogens is 174 g/mol. The van der Waals surface area contributed by atoms with Crippen molar-refractivity contribution in [3.8, 4) is 12.3 Å². The Morgan fingerprint density at radius 3 is 2.86 bits per heavy atom. The second kappa shape index (κ2) is 4.28. The third kappa shape index (κ3) is 2.88. The summed E-state index contributed by atoms with van der Waals surface area (Å²) in [6.07, 6.45) is 5.91. The molecule has 0 saturated carbocycles. The summed E-state index contributed by atoms with van der Waals surface area (Å²) in [7, 11) is 0. The Morgan fingerprint density at radius 2 is 2.29 bits per heavy atom. The fourth-order valence-electron chi connectivity index (χ4n) is 1.29. The van der Waals surface area contributed by atoms with E-state index in [-0.39, 0.29) is 6.61 Å². The van der Waals surface area contributed by atoms with Crippen molar-refractivity contribution < 1.29 is 5.11 Å². The van der Waals surface area contributed by atoms with Crippen LogP contribution in [0.25, 0.3) is 0 Å². The molecule has 1 atom stereocenters. The molecule has 1 aromatic rings. The Labute approximate surface area is 84.8 Å². The predicted molar refractivity (Wildman–Crippen MR) is 57.8 cm³/mol. The van der Waals surface area contributed by atoms with E-state index < -0.39 is 5.54 Å². The zero-order valence-corrected chi connectivity index (χ0v) is 8.33. The first-order chi connectivity index (χ1) is 6.57. The van der Waals surface area contributed by atoms with Crippen LogP contribution in [0.2, 0.25) is 0 Å². The quantitative estimate of drug-likeness (QED) is 0.694. The largest absolute Gasteiger partial charge is 0.394 e. The Hall–Kier alpha value is -1.30. The van der Waals surface area contributed by atoms with Crippen molar-refractivity contribution in [3.05, 3.63) is 35.4 Å². The van der Waals surface area contributed by atoms with Gasteiger partial charge in [-0.25, -0.2) is 0 Å². The first-order valence-corrected chi connectivity index (χ1v) is 4.53. The van der Waals surface area contributed by atoms with Crippen LogP contribution >= 0.6 is 0 Å². The van der Waals surface area contributed by atoms with Gasteiger partial charge in [-0.2, -0.15) is 0 Å². The zero-order valence-electron chi connectivity index (χ0n) is 8.33. The molecule has 0 aliphatic carbocycles. The van der Waals surface area contributed by atoms with E-state index in [4.69, 9.17) is 17.3 Å². The molecule has 2 heteroatoms. The maximum absolute atomic E-state index is 9.02. The number of hydrogen-bond donors (Lipinski definition) is 2. The smallest absolute Gasteiger partial charge is 0.0611 e. The molecule has 0 spiro atoms. The van der Waals surface area contributed by atoms with Crippen LogP contribution in [0.1, 0.15) is 18.1 Å². The van der Waals surface area contributed by atoms with Gasteiger partial charge < -0.3 is 10.8 Å². The molecule has 0 amide bonds. The number of hydrogen-bond acceptors (Lipinski definition) is 2. The summed E-state index contributed by atoms with van der Waals surface area (Å²) in [5.74, 6) is 2.57. The van der Waals surface area contributed by atoms with Crippen LogP contribution in [-0.4, -0.2) is 17.3 Å². The van der Waals surface area contributed by atoms with Gasteiger partial charge in [0.15, 0.2) is 0 Å². The van der Waals surface area contributed by atoms with Crippen LogP contribution in [0.4, 0.5) is 0 Å². The number of rotatable bonds is 3. The summed E-state index contributed by atoms with van der Waals surface area (Å²) >= 11 is 0. The Balaban J connectivity index is 2.83. The molecule has 0 bridgehead atoms. The van der Waals surface area contributed by atoms with E-state index in [0.717, 1.165) is 11.1 Å². The van der Waals surface area contributed by atoms with E-state index in [1.54, 1.807) is 0 Å². The van der Waals surface area contributed by atoms with Crippen LogP contribution in [0.15, 0.2) is 24.3 Å². The van der Waals surface area contributed by atoms with Gasteiger partial charge in [-0.15, -0.1) is 6.42 Å². The molecule has 2 nitrogen and oxygen atoms in total. The predicted octanol–water partition coefficient (Wildman–Crippen LogP) is 0.920. The minimum atomic E-state index is -0.576. The van der Waals surface area contributed by atoms with Crippen molar-refractivity contribution in [1.29, 1.82) is 0 Å². The highest BCUT2D eigenvalue weighted by Gasteiger charge is 2.17. The van der Waals surface area contributed by atoms with Gasteiger partial charge >= 0.3 is 0 Å². The van der Waals surface area contributed by atoms with Gasteiger partial charge in [0.05, 0.1) is 6.61 Å². The first-order valence-electron chi connectivity index (χ1n) is 4.53. The highest BCUT2D eigenvalue weighted by Crippen LogP contribution is 2.11. The van der Waals surface area contributed by atoms with Gasteiger partial charge in [0.25, 0.3) is 0 Å². The minimum absolute atomic E-state index is 0.0344. The molecule has 74 valence electrons. The van der Waals surface area contributed by atoms with Gasteiger partial charge in [-0.3, -0.25) is 0 Å². The fraction of sp³-hybridized carbons (Fsp3) is 0.333. The third-order valence-electron chi connectivity index (χ3n) is 2.06. The van der Waals surface area contributed by atoms with E-state index >= 15 is 0 Å². The van der Waals surface area contributed by atoms with E-state index in [9.17, 15) is 0 Å². The van der Waals surface area contributed by atoms with Crippen LogP contribution in [0.3, 0.4) is 0 Å². The van der Waals surface area contributed by atoms with Crippen molar-refractivity contribution in [2.75, 3.05) is 6.61 Å². The van der Waals surface area contributed by atoms with Gasteiger partial charge in [-0.1, -0.05) is 18.1 Å². The van der Waals surface area contributed by atoms with E-state index in [1.807, 2.05) is 31.2 Å². The highest BCUT2D eigenvalue weighted by atomic mass is 16.3. The number of aliphatic hydroxyl groups excluding tert-OH is 1. The summed E-state index contributed by atoms with van der Waals surface area (Å²) in [5, 5.41) is 9.02. The molecule has 0 aliphatic heterocycles. The second-order valence-corrected chi connectivity index (χ2v) is 3.83. The maximum Gasteiger partial charge on any atom is 0.0611 e. The monoisotopic (exact) mass is 189 g/mol. The number of aliphatic hydroxyl groups is 1. The average molecular weight is 189 g/mol. The van der Waals surface area contributed by atoms with Crippen molar-refractivity contribution >= 4 is 0 Å². The first kappa shape index (κ1) is 10.8. The van der Waals surface area contributed by atoms with Gasteiger partial charge in [-0.05, 0) is 31.0 Å². The van der Waals surface area contributed by atoms with E-state index in [2.05, 4.69) is 5.92 Å². The lowest BCUT2D eigenvalue weighted by molar-refractivity contribution is 0.208. The van der Waals surface area contributed by atoms with Gasteiger partial charge in [0, 0.05) is 11.1 Å². The van der Waals surface area contributed by atoms with E-state index in [1.165, 1.54) is 0 Å². The fourth-order valence-corrected chi connectivity index (χ4v) is 1.29. The zero-order chi connectivity index (χ0) is 10.6. The lowest BCUT2D eigenvalue weighted by Crippen LogP contribution is -2.42. The Kier molecular flexibility index (Phi) is 3.29. The summed E-state index contributed by atoms with van der Waals surface area (Å²) in [6.45, 7) is 1.78. The maximum atomic E-state index is 9.02. The summed E-state index contributed by atoms with van der Waals surface area (Å²) in [4.78, 5) is 0. The molecule has 1 unspecified atom stereocenters. The number of benzene rings is 1. The molecule has 0 aromatic heterocycles. The Bertz CT molecular complexity index is 350. The van der Waals surface area contributed by atoms with Crippen LogP contribution in [0.5, 0.6) is 0 Å². The standard InChI is InChI=1S/C12H15NO/c1-3-10-5-4-6-11(7-10)8-12(2,13)9-14/h1,4-7,14H,8-9,13H2,2H3. The van der Waals surface area contributed by atoms with Gasteiger partial charge in [0.2, 0.25) is 0 Å². The molecule has 0 saturated heterocycles. The average Bonchev–Trinajstić information content (AvgIpc) is 2.17. The molecule has 0 radical (unpaired) electrons. The van der Waals surface area contributed by atoms with Crippen molar-refractivity contribution in [2.24, 2.45) is 5.73 Å². The lowest BCUT2D eigenvalue weighted by atomic mass is 9.94. The molecule has 0 heterocycles. The van der Waals surface area contributed by atoms with E-state index in [0.29, 0.717) is 6.42 Å². The normalized spacial score (nSPS) is 14.4. The summed E-state index contributed by atoms with van der Waals surface area (Å²) in [5.41, 5.74) is 7.16. The molecular formula is C12H15NO. The van der Waals surface area contributed by atoms with Crippen molar-refractivity contribution in [3.63, 3.8) is 0 Å². The van der Waals surface area contributed by atoms with Crippen LogP contribution < -0.4 is 5.73 Å². The van der Waals surface area contributed by atoms with Gasteiger partial charge in [0.1, 0.15) is 0 Å². The molecule has 1 rings (SSSR count). The SMILES string of the molecule is C#Cc1cccc(CC(C)(N)CO)c1. The Morgan fingerprint density at radius 1 is 1.57 bits per heavy atom. The van der Waals surface area contributed by atoms with Crippen molar-refractivity contribution in [2.45, 2.75) is 18.9 Å². The summed E-state index contributed by atoms with van der Waals surface area (Å²) in [6, 6.07) is 7.65. The topological polar surface area (TPSA) is 46.2 Å². The molecule has 0 fully saturated rings. The highest BCUT2D eigenvalue weighted by molar-refractivity contribution is 5.35. The van der Waals surface area contributed by atoms with Crippen molar-refractivity contribution in [1.82, 2.24) is 0 Å². The molecule has 14 heavy (non-hydrogen) atoms. The molecule has 3 N–H and O–H groups in total. The van der Waals surface area contributed by atoms with Crippen LogP contribution in [0, 0.1) is 12.3 Å². The third-order valence-corrected chi connectivity index (χ3v) is 2.06. The summed E-state index contributed by atoms with van der Waals surface area (Å²) < 4.78 is 0. The minimum Gasteiger partial charge on any atom is -0.394 e. The molecule has 0 aliphatic rings. The number of terminal acetylenes is 1. The lowest BCUT2D eigenvalue weighted by Gasteiger charge is -2.21. The number of nitrogens with two attached hydrogens (primary N) is 1.